The number of phenolic OH excluding ortho intramolecular Hbond substituents is 1. The van der Waals surface area contributed by atoms with Crippen LogP contribution in [0.3, 0.4) is 0 Å². The molecule has 1 unspecified atom stereocenters. The van der Waals surface area contributed by atoms with Crippen LogP contribution in [0, 0.1) is 5.82 Å². The summed E-state index contributed by atoms with van der Waals surface area (Å²) in [7, 11) is 1.92. The molecule has 9 heteroatoms. The first kappa shape index (κ1) is 22.3. The average Bonchev–Trinajstić information content (AvgIpc) is 3.09. The minimum Gasteiger partial charge on any atom is -0.505 e. The van der Waals surface area contributed by atoms with Crippen molar-refractivity contribution in [3.8, 4) is 5.75 Å². The summed E-state index contributed by atoms with van der Waals surface area (Å²) in [6.07, 6.45) is 6.08. The van der Waals surface area contributed by atoms with E-state index in [1.807, 2.05) is 31.0 Å². The molecule has 2 aromatic rings. The van der Waals surface area contributed by atoms with E-state index in [2.05, 4.69) is 25.6 Å². The lowest BCUT2D eigenvalue weighted by molar-refractivity contribution is 0.432. The molecule has 0 saturated carbocycles. The average molecular weight is 502 g/mol. The number of nitrogens with zero attached hydrogens (tertiary/aromatic N) is 4. The summed E-state index contributed by atoms with van der Waals surface area (Å²) in [6, 6.07) is 4.62. The number of hydrogen-bond donors (Lipinski definition) is 3. The number of anilines is 1. The molecule has 1 aromatic carbocycles. The molecule has 28 heavy (non-hydrogen) atoms. The number of guanidine groups is 1. The molecule has 1 aliphatic rings. The highest BCUT2D eigenvalue weighted by atomic mass is 127. The van der Waals surface area contributed by atoms with Crippen LogP contribution < -0.4 is 15.5 Å². The smallest absolute Gasteiger partial charge is 0.191 e. The molecule has 0 amide bonds. The first-order valence-electron chi connectivity index (χ1n) is 9.31. The number of rotatable bonds is 5. The van der Waals surface area contributed by atoms with Crippen LogP contribution in [0.4, 0.5) is 10.1 Å². The zero-order chi connectivity index (χ0) is 19.2. The lowest BCUT2D eigenvalue weighted by Gasteiger charge is -2.34. The number of aryl methyl sites for hydroxylation is 1. The van der Waals surface area contributed by atoms with Crippen molar-refractivity contribution in [3.05, 3.63) is 42.0 Å². The van der Waals surface area contributed by atoms with Gasteiger partial charge in [-0.05, 0) is 37.5 Å². The summed E-state index contributed by atoms with van der Waals surface area (Å²) in [5, 5.41) is 20.3. The number of phenols is 1. The standard InChI is InChI=1S/C19H27FN6O.HI/c1-3-21-19(22-10-14-6-7-18(27)17(20)9-14)24-15-5-4-8-26(12-15)16-11-23-25(2)13-16;/h6-7,9,11,13,15,27H,3-5,8,10,12H2,1-2H3,(H2,21,22,24);1H. The topological polar surface area (TPSA) is 77.7 Å². The highest BCUT2D eigenvalue weighted by molar-refractivity contribution is 14.0. The first-order valence-corrected chi connectivity index (χ1v) is 9.31. The van der Waals surface area contributed by atoms with Crippen LogP contribution in [0.2, 0.25) is 0 Å². The predicted octanol–water partition coefficient (Wildman–Crippen LogP) is 2.61. The van der Waals surface area contributed by atoms with Gasteiger partial charge in [0.1, 0.15) is 0 Å². The van der Waals surface area contributed by atoms with Gasteiger partial charge in [0.2, 0.25) is 0 Å². The molecule has 154 valence electrons. The van der Waals surface area contributed by atoms with Crippen molar-refractivity contribution in [1.29, 1.82) is 0 Å². The molecule has 7 nitrogen and oxygen atoms in total. The number of aromatic nitrogens is 2. The molecule has 1 atom stereocenters. The first-order chi connectivity index (χ1) is 13.0. The van der Waals surface area contributed by atoms with E-state index in [1.54, 1.807) is 6.07 Å². The number of aromatic hydroxyl groups is 1. The van der Waals surface area contributed by atoms with Gasteiger partial charge in [0.15, 0.2) is 17.5 Å². The molecule has 3 N–H and O–H groups in total. The van der Waals surface area contributed by atoms with Gasteiger partial charge < -0.3 is 20.6 Å². The van der Waals surface area contributed by atoms with Gasteiger partial charge in [-0.2, -0.15) is 5.10 Å². The fourth-order valence-corrected chi connectivity index (χ4v) is 3.23. The summed E-state index contributed by atoms with van der Waals surface area (Å²) in [6.45, 7) is 4.99. The molecule has 1 aromatic heterocycles. The summed E-state index contributed by atoms with van der Waals surface area (Å²) in [4.78, 5) is 6.89. The second kappa shape index (κ2) is 10.5. The number of halogens is 2. The summed E-state index contributed by atoms with van der Waals surface area (Å²) in [5.41, 5.74) is 1.84. The van der Waals surface area contributed by atoms with Crippen LogP contribution in [0.5, 0.6) is 5.75 Å². The van der Waals surface area contributed by atoms with E-state index < -0.39 is 5.82 Å². The quantitative estimate of drug-likeness (QED) is 0.333. The SMILES string of the molecule is CCNC(=NCc1ccc(O)c(F)c1)NC1CCCN(c2cnn(C)c2)C1.I. The van der Waals surface area contributed by atoms with Gasteiger partial charge in [0.05, 0.1) is 18.4 Å². The Balaban J connectivity index is 0.00000280. The largest absolute Gasteiger partial charge is 0.505 e. The van der Waals surface area contributed by atoms with Gasteiger partial charge in [0, 0.05) is 38.9 Å². The monoisotopic (exact) mass is 502 g/mol. The van der Waals surface area contributed by atoms with Crippen molar-refractivity contribution >= 4 is 35.6 Å². The predicted molar refractivity (Wildman–Crippen MR) is 120 cm³/mol. The Kier molecular flexibility index (Phi) is 8.34. The van der Waals surface area contributed by atoms with Gasteiger partial charge in [-0.25, -0.2) is 9.38 Å². The van der Waals surface area contributed by atoms with E-state index in [-0.39, 0.29) is 35.8 Å². The maximum absolute atomic E-state index is 13.5. The van der Waals surface area contributed by atoms with Crippen LogP contribution in [0.15, 0.2) is 35.6 Å². The van der Waals surface area contributed by atoms with Crippen LogP contribution >= 0.6 is 24.0 Å². The Labute approximate surface area is 182 Å². The van der Waals surface area contributed by atoms with Crippen LogP contribution in [-0.4, -0.2) is 46.5 Å². The summed E-state index contributed by atoms with van der Waals surface area (Å²) in [5.74, 6) is -0.255. The fraction of sp³-hybridized carbons (Fsp3) is 0.474. The lowest BCUT2D eigenvalue weighted by Crippen LogP contribution is -2.51. The minimum atomic E-state index is -0.625. The molecular weight excluding hydrogens is 474 g/mol. The Morgan fingerprint density at radius 3 is 2.93 bits per heavy atom. The molecule has 1 saturated heterocycles. The van der Waals surface area contributed by atoms with E-state index in [4.69, 9.17) is 0 Å². The van der Waals surface area contributed by atoms with E-state index in [0.717, 1.165) is 38.2 Å². The van der Waals surface area contributed by atoms with Crippen LogP contribution in [0.1, 0.15) is 25.3 Å². The Hall–Kier alpha value is -2.04. The van der Waals surface area contributed by atoms with Gasteiger partial charge in [-0.15, -0.1) is 24.0 Å². The number of hydrogen-bond acceptors (Lipinski definition) is 4. The van der Waals surface area contributed by atoms with Crippen molar-refractivity contribution in [1.82, 2.24) is 20.4 Å². The molecule has 1 aliphatic heterocycles. The zero-order valence-corrected chi connectivity index (χ0v) is 18.6. The minimum absolute atomic E-state index is 0. The lowest BCUT2D eigenvalue weighted by atomic mass is 10.1. The van der Waals surface area contributed by atoms with E-state index in [1.165, 1.54) is 12.1 Å². The van der Waals surface area contributed by atoms with Crippen LogP contribution in [0.25, 0.3) is 0 Å². The van der Waals surface area contributed by atoms with Gasteiger partial charge in [-0.3, -0.25) is 4.68 Å². The maximum Gasteiger partial charge on any atom is 0.191 e. The third-order valence-corrected chi connectivity index (χ3v) is 4.59. The summed E-state index contributed by atoms with van der Waals surface area (Å²) < 4.78 is 15.3. The molecule has 1 fully saturated rings. The normalized spacial score (nSPS) is 17.2. The van der Waals surface area contributed by atoms with Crippen molar-refractivity contribution in [2.24, 2.45) is 12.0 Å². The van der Waals surface area contributed by atoms with E-state index in [0.29, 0.717) is 18.1 Å². The second-order valence-corrected chi connectivity index (χ2v) is 6.78. The zero-order valence-electron chi connectivity index (χ0n) is 16.2. The summed E-state index contributed by atoms with van der Waals surface area (Å²) >= 11 is 0. The molecular formula is C19H28FIN6O. The van der Waals surface area contributed by atoms with Crippen molar-refractivity contribution < 1.29 is 9.50 Å². The molecule has 3 rings (SSSR count). The molecule has 2 heterocycles. The highest BCUT2D eigenvalue weighted by Gasteiger charge is 2.21. The second-order valence-electron chi connectivity index (χ2n) is 6.78. The third-order valence-electron chi connectivity index (χ3n) is 4.59. The number of benzene rings is 1. The van der Waals surface area contributed by atoms with Crippen molar-refractivity contribution in [3.63, 3.8) is 0 Å². The molecule has 0 spiro atoms. The molecule has 0 bridgehead atoms. The van der Waals surface area contributed by atoms with Gasteiger partial charge in [-0.1, -0.05) is 6.07 Å². The van der Waals surface area contributed by atoms with Crippen LogP contribution in [-0.2, 0) is 13.6 Å². The third kappa shape index (κ3) is 5.98. The van der Waals surface area contributed by atoms with Gasteiger partial charge >= 0.3 is 0 Å². The number of nitrogens with one attached hydrogen (secondary N) is 2. The van der Waals surface area contributed by atoms with E-state index in [9.17, 15) is 9.50 Å². The Morgan fingerprint density at radius 1 is 1.43 bits per heavy atom. The maximum atomic E-state index is 13.5. The fourth-order valence-electron chi connectivity index (χ4n) is 3.23. The van der Waals surface area contributed by atoms with Gasteiger partial charge in [0.25, 0.3) is 0 Å². The molecule has 0 radical (unpaired) electrons. The van der Waals surface area contributed by atoms with Crippen molar-refractivity contribution in [2.45, 2.75) is 32.4 Å². The number of aliphatic imine (C=N–C) groups is 1. The van der Waals surface area contributed by atoms with E-state index >= 15 is 0 Å². The Bertz CT molecular complexity index is 796. The molecule has 0 aliphatic carbocycles. The Morgan fingerprint density at radius 2 is 2.25 bits per heavy atom. The number of piperidine rings is 1. The van der Waals surface area contributed by atoms with Crippen molar-refractivity contribution in [2.75, 3.05) is 24.5 Å². The highest BCUT2D eigenvalue weighted by Crippen LogP contribution is 2.19.